The fourth-order valence-electron chi connectivity index (χ4n) is 1.49. The predicted molar refractivity (Wildman–Crippen MR) is 67.2 cm³/mol. The highest BCUT2D eigenvalue weighted by atomic mass is 16.5. The summed E-state index contributed by atoms with van der Waals surface area (Å²) in [7, 11) is 2.02. The molecule has 1 aromatic carbocycles. The smallest absolute Gasteiger partial charge is 0.119 e. The van der Waals surface area contributed by atoms with Crippen LogP contribution >= 0.6 is 0 Å². The van der Waals surface area contributed by atoms with Crippen molar-refractivity contribution in [3.63, 3.8) is 0 Å². The number of aliphatic hydroxyl groups excluding tert-OH is 1. The van der Waals surface area contributed by atoms with E-state index < -0.39 is 0 Å². The maximum Gasteiger partial charge on any atom is 0.119 e. The van der Waals surface area contributed by atoms with Crippen LogP contribution in [0.4, 0.5) is 5.69 Å². The van der Waals surface area contributed by atoms with Gasteiger partial charge in [0.2, 0.25) is 0 Å². The largest absolute Gasteiger partial charge is 0.491 e. The molecule has 0 radical (unpaired) electrons. The molecule has 0 bridgehead atoms. The molecule has 0 aliphatic carbocycles. The van der Waals surface area contributed by atoms with E-state index in [9.17, 15) is 0 Å². The van der Waals surface area contributed by atoms with Crippen LogP contribution in [0.3, 0.4) is 0 Å². The van der Waals surface area contributed by atoms with Crippen LogP contribution in [-0.4, -0.2) is 31.4 Å². The van der Waals surface area contributed by atoms with Gasteiger partial charge >= 0.3 is 0 Å². The molecule has 3 nitrogen and oxygen atoms in total. The molecule has 0 saturated heterocycles. The van der Waals surface area contributed by atoms with Gasteiger partial charge in [0.25, 0.3) is 0 Å². The highest BCUT2D eigenvalue weighted by molar-refractivity contribution is 5.48. The second kappa shape index (κ2) is 6.38. The predicted octanol–water partition coefficient (Wildman–Crippen LogP) is 2.29. The van der Waals surface area contributed by atoms with E-state index in [1.165, 1.54) is 0 Å². The number of hydrogen-bond acceptors (Lipinski definition) is 3. The van der Waals surface area contributed by atoms with Crippen molar-refractivity contribution in [1.82, 2.24) is 0 Å². The maximum absolute atomic E-state index is 8.76. The van der Waals surface area contributed by atoms with E-state index in [2.05, 4.69) is 4.90 Å². The van der Waals surface area contributed by atoms with Gasteiger partial charge in [0, 0.05) is 25.9 Å². The van der Waals surface area contributed by atoms with Gasteiger partial charge in [0.05, 0.1) is 6.10 Å². The van der Waals surface area contributed by atoms with E-state index in [1.54, 1.807) is 0 Å². The summed E-state index contributed by atoms with van der Waals surface area (Å²) in [6.07, 6.45) is 0.999. The summed E-state index contributed by atoms with van der Waals surface area (Å²) in [5.41, 5.74) is 1.14. The van der Waals surface area contributed by atoms with Gasteiger partial charge in [-0.1, -0.05) is 0 Å². The van der Waals surface area contributed by atoms with Crippen molar-refractivity contribution in [3.05, 3.63) is 24.3 Å². The fraction of sp³-hybridized carbons (Fsp3) is 0.538. The molecule has 90 valence electrons. The normalized spacial score (nSPS) is 10.6. The quantitative estimate of drug-likeness (QED) is 0.803. The third-order valence-electron chi connectivity index (χ3n) is 2.30. The Hall–Kier alpha value is -1.22. The van der Waals surface area contributed by atoms with Gasteiger partial charge < -0.3 is 14.7 Å². The van der Waals surface area contributed by atoms with Crippen LogP contribution in [0.25, 0.3) is 0 Å². The summed E-state index contributed by atoms with van der Waals surface area (Å²) in [6.45, 7) is 5.13. The molecule has 0 heterocycles. The minimum Gasteiger partial charge on any atom is -0.491 e. The molecule has 0 saturated carbocycles. The van der Waals surface area contributed by atoms with Crippen LogP contribution in [0.1, 0.15) is 20.3 Å². The molecule has 16 heavy (non-hydrogen) atoms. The standard InChI is InChI=1S/C13H21NO2/c1-11(2)16-13-7-5-12(6-8-13)14(3)9-4-10-15/h5-8,11,15H,4,9-10H2,1-3H3. The highest BCUT2D eigenvalue weighted by Crippen LogP contribution is 2.19. The average Bonchev–Trinajstić information content (AvgIpc) is 2.26. The van der Waals surface area contributed by atoms with Gasteiger partial charge in [-0.25, -0.2) is 0 Å². The number of ether oxygens (including phenoxy) is 1. The summed E-state index contributed by atoms with van der Waals surface area (Å²) in [5, 5.41) is 8.76. The van der Waals surface area contributed by atoms with Crippen molar-refractivity contribution in [2.75, 3.05) is 25.1 Å². The zero-order valence-corrected chi connectivity index (χ0v) is 10.3. The molecule has 0 aliphatic heterocycles. The molecule has 1 rings (SSSR count). The van der Waals surface area contributed by atoms with Crippen molar-refractivity contribution >= 4 is 5.69 Å². The molecule has 0 spiro atoms. The zero-order valence-electron chi connectivity index (χ0n) is 10.3. The summed E-state index contributed by atoms with van der Waals surface area (Å²) in [5.74, 6) is 0.898. The van der Waals surface area contributed by atoms with Crippen molar-refractivity contribution in [3.8, 4) is 5.75 Å². The molecule has 0 unspecified atom stereocenters. The molecule has 1 N–H and O–H groups in total. The van der Waals surface area contributed by atoms with Gasteiger partial charge in [-0.3, -0.25) is 0 Å². The zero-order chi connectivity index (χ0) is 12.0. The Morgan fingerprint density at radius 3 is 2.38 bits per heavy atom. The Balaban J connectivity index is 2.56. The lowest BCUT2D eigenvalue weighted by molar-refractivity contribution is 0.242. The number of benzene rings is 1. The minimum atomic E-state index is 0.206. The second-order valence-corrected chi connectivity index (χ2v) is 4.16. The summed E-state index contributed by atoms with van der Waals surface area (Å²) >= 11 is 0. The first kappa shape index (κ1) is 12.8. The van der Waals surface area contributed by atoms with Gasteiger partial charge in [-0.15, -0.1) is 0 Å². The second-order valence-electron chi connectivity index (χ2n) is 4.16. The van der Waals surface area contributed by atoms with Crippen molar-refractivity contribution in [1.29, 1.82) is 0 Å². The van der Waals surface area contributed by atoms with Crippen LogP contribution < -0.4 is 9.64 Å². The Morgan fingerprint density at radius 1 is 1.25 bits per heavy atom. The topological polar surface area (TPSA) is 32.7 Å². The number of nitrogens with zero attached hydrogens (tertiary/aromatic N) is 1. The van der Waals surface area contributed by atoms with Gasteiger partial charge in [0.1, 0.15) is 5.75 Å². The molecule has 0 amide bonds. The first-order valence-corrected chi connectivity index (χ1v) is 5.72. The van der Waals surface area contributed by atoms with Crippen molar-refractivity contribution in [2.45, 2.75) is 26.4 Å². The fourth-order valence-corrected chi connectivity index (χ4v) is 1.49. The summed E-state index contributed by atoms with van der Waals surface area (Å²) < 4.78 is 5.57. The van der Waals surface area contributed by atoms with E-state index in [-0.39, 0.29) is 12.7 Å². The molecular formula is C13H21NO2. The molecule has 3 heteroatoms. The van der Waals surface area contributed by atoms with Crippen LogP contribution in [0, 0.1) is 0 Å². The molecule has 0 aromatic heterocycles. The van der Waals surface area contributed by atoms with Crippen molar-refractivity contribution < 1.29 is 9.84 Å². The van der Waals surface area contributed by atoms with Crippen LogP contribution in [0.15, 0.2) is 24.3 Å². The third kappa shape index (κ3) is 4.11. The van der Waals surface area contributed by atoms with E-state index in [0.717, 1.165) is 24.4 Å². The van der Waals surface area contributed by atoms with Crippen LogP contribution in [0.5, 0.6) is 5.75 Å². The van der Waals surface area contributed by atoms with Crippen molar-refractivity contribution in [2.24, 2.45) is 0 Å². The number of rotatable bonds is 6. The number of anilines is 1. The van der Waals surface area contributed by atoms with Crippen LogP contribution in [0.2, 0.25) is 0 Å². The lowest BCUT2D eigenvalue weighted by Crippen LogP contribution is -2.19. The molecular weight excluding hydrogens is 202 g/mol. The monoisotopic (exact) mass is 223 g/mol. The number of hydrogen-bond donors (Lipinski definition) is 1. The highest BCUT2D eigenvalue weighted by Gasteiger charge is 2.01. The first-order chi connectivity index (χ1) is 7.63. The Bertz CT molecular complexity index is 295. The number of aliphatic hydroxyl groups is 1. The van der Waals surface area contributed by atoms with Crippen LogP contribution in [-0.2, 0) is 0 Å². The molecule has 1 aromatic rings. The van der Waals surface area contributed by atoms with E-state index >= 15 is 0 Å². The van der Waals surface area contributed by atoms with E-state index in [1.807, 2.05) is 45.2 Å². The van der Waals surface area contributed by atoms with E-state index in [4.69, 9.17) is 9.84 Å². The minimum absolute atomic E-state index is 0.206. The Morgan fingerprint density at radius 2 is 1.88 bits per heavy atom. The molecule has 0 fully saturated rings. The maximum atomic E-state index is 8.76. The third-order valence-corrected chi connectivity index (χ3v) is 2.30. The molecule has 0 atom stereocenters. The first-order valence-electron chi connectivity index (χ1n) is 5.72. The SMILES string of the molecule is CC(C)Oc1ccc(N(C)CCCO)cc1. The average molecular weight is 223 g/mol. The lowest BCUT2D eigenvalue weighted by Gasteiger charge is -2.19. The lowest BCUT2D eigenvalue weighted by atomic mass is 10.2. The Labute approximate surface area is 97.7 Å². The Kier molecular flexibility index (Phi) is 5.12. The summed E-state index contributed by atoms with van der Waals surface area (Å²) in [4.78, 5) is 2.12. The van der Waals surface area contributed by atoms with Gasteiger partial charge in [0.15, 0.2) is 0 Å². The van der Waals surface area contributed by atoms with Gasteiger partial charge in [-0.2, -0.15) is 0 Å². The van der Waals surface area contributed by atoms with Gasteiger partial charge in [-0.05, 0) is 44.5 Å². The molecule has 0 aliphatic rings. The van der Waals surface area contributed by atoms with E-state index in [0.29, 0.717) is 0 Å². The summed E-state index contributed by atoms with van der Waals surface area (Å²) in [6, 6.07) is 8.03.